The molecule has 0 unspecified atom stereocenters. The summed E-state index contributed by atoms with van der Waals surface area (Å²) in [5, 5.41) is 3.03. The summed E-state index contributed by atoms with van der Waals surface area (Å²) in [7, 11) is -1.58. The second-order valence-corrected chi connectivity index (χ2v) is 6.50. The first kappa shape index (κ1) is 16.0. The normalized spacial score (nSPS) is 11.6. The Morgan fingerprint density at radius 2 is 1.68 bits per heavy atom. The summed E-state index contributed by atoms with van der Waals surface area (Å²) in [5.74, 6) is 0. The smallest absolute Gasteiger partial charge is 0.241 e. The molecule has 0 atom stereocenters. The third-order valence-electron chi connectivity index (χ3n) is 3.09. The minimum absolute atomic E-state index is 0.406. The summed E-state index contributed by atoms with van der Waals surface area (Å²) >= 11 is 0. The molecule has 0 amide bonds. The monoisotopic (exact) mass is 284 g/mol. The molecule has 19 heavy (non-hydrogen) atoms. The minimum atomic E-state index is -3.40. The number of sulfonamides is 1. The highest BCUT2D eigenvalue weighted by Gasteiger charge is 2.19. The Bertz CT molecular complexity index is 501. The number of hydrogen-bond donors (Lipinski definition) is 2. The van der Waals surface area contributed by atoms with Crippen LogP contribution in [0.3, 0.4) is 0 Å². The van der Waals surface area contributed by atoms with Gasteiger partial charge in [-0.2, -0.15) is 0 Å². The molecule has 1 aromatic carbocycles. The highest BCUT2D eigenvalue weighted by molar-refractivity contribution is 7.89. The average molecular weight is 284 g/mol. The summed E-state index contributed by atoms with van der Waals surface area (Å²) in [6.45, 7) is 6.25. The molecule has 4 nitrogen and oxygen atoms in total. The van der Waals surface area contributed by atoms with Crippen LogP contribution < -0.4 is 10.0 Å². The van der Waals surface area contributed by atoms with E-state index in [1.165, 1.54) is 0 Å². The van der Waals surface area contributed by atoms with Crippen LogP contribution in [-0.4, -0.2) is 22.0 Å². The van der Waals surface area contributed by atoms with Crippen molar-refractivity contribution in [2.75, 3.05) is 18.9 Å². The van der Waals surface area contributed by atoms with Gasteiger partial charge in [0, 0.05) is 19.3 Å². The first-order chi connectivity index (χ1) is 8.92. The molecular formula is C14H24N2O2S. The minimum Gasteiger partial charge on any atom is -0.388 e. The fourth-order valence-electron chi connectivity index (χ4n) is 2.17. The number of aryl methyl sites for hydroxylation is 2. The Morgan fingerprint density at radius 1 is 1.11 bits per heavy atom. The van der Waals surface area contributed by atoms with Crippen molar-refractivity contribution in [2.45, 2.75) is 44.9 Å². The Morgan fingerprint density at radius 3 is 2.16 bits per heavy atom. The third-order valence-corrected chi connectivity index (χ3v) is 4.86. The van der Waals surface area contributed by atoms with Crippen LogP contribution in [0, 0.1) is 13.8 Å². The molecule has 0 saturated heterocycles. The number of hydrogen-bond acceptors (Lipinski definition) is 3. The predicted octanol–water partition coefficient (Wildman–Crippen LogP) is 2.81. The van der Waals surface area contributed by atoms with E-state index in [1.807, 2.05) is 33.0 Å². The fraction of sp³-hybridized carbons (Fsp3) is 0.571. The lowest BCUT2D eigenvalue weighted by molar-refractivity contribution is 0.575. The third kappa shape index (κ3) is 4.21. The zero-order valence-electron chi connectivity index (χ0n) is 12.2. The predicted molar refractivity (Wildman–Crippen MR) is 80.2 cm³/mol. The summed E-state index contributed by atoms with van der Waals surface area (Å²) in [5.41, 5.74) is 2.47. The van der Waals surface area contributed by atoms with Crippen LogP contribution in [0.1, 0.15) is 37.3 Å². The molecule has 0 radical (unpaired) electrons. The van der Waals surface area contributed by atoms with Gasteiger partial charge in [-0.25, -0.2) is 13.1 Å². The quantitative estimate of drug-likeness (QED) is 0.757. The molecule has 0 aliphatic rings. The lowest BCUT2D eigenvalue weighted by atomic mass is 10.1. The van der Waals surface area contributed by atoms with Gasteiger partial charge in [0.25, 0.3) is 0 Å². The van der Waals surface area contributed by atoms with Gasteiger partial charge in [-0.1, -0.05) is 19.8 Å². The van der Waals surface area contributed by atoms with Crippen LogP contribution in [0.15, 0.2) is 17.0 Å². The average Bonchev–Trinajstić information content (AvgIpc) is 2.33. The van der Waals surface area contributed by atoms with Crippen LogP contribution in [0.4, 0.5) is 5.69 Å². The largest absolute Gasteiger partial charge is 0.388 e. The molecule has 5 heteroatoms. The maximum Gasteiger partial charge on any atom is 0.241 e. The SMILES string of the molecule is CCCCCNS(=O)(=O)c1c(C)cc(NC)cc1C. The molecule has 0 aromatic heterocycles. The van der Waals surface area contributed by atoms with Crippen LogP contribution in [0.25, 0.3) is 0 Å². The number of rotatable bonds is 7. The molecule has 0 spiro atoms. The first-order valence-electron chi connectivity index (χ1n) is 6.71. The van der Waals surface area contributed by atoms with Gasteiger partial charge in [0.2, 0.25) is 10.0 Å². The van der Waals surface area contributed by atoms with Gasteiger partial charge in [-0.3, -0.25) is 0 Å². The Balaban J connectivity index is 2.95. The van der Waals surface area contributed by atoms with Gasteiger partial charge < -0.3 is 5.32 Å². The fourth-order valence-corrected chi connectivity index (χ4v) is 3.70. The summed E-state index contributed by atoms with van der Waals surface area (Å²) in [6, 6.07) is 3.71. The van der Waals surface area contributed by atoms with Crippen LogP contribution in [0.2, 0.25) is 0 Å². The zero-order valence-corrected chi connectivity index (χ0v) is 13.0. The molecule has 0 saturated carbocycles. The molecule has 108 valence electrons. The van der Waals surface area contributed by atoms with Crippen molar-refractivity contribution in [3.63, 3.8) is 0 Å². The van der Waals surface area contributed by atoms with Crippen molar-refractivity contribution >= 4 is 15.7 Å². The summed E-state index contributed by atoms with van der Waals surface area (Å²) in [4.78, 5) is 0.406. The standard InChI is InChI=1S/C14H24N2O2S/c1-5-6-7-8-16-19(17,18)14-11(2)9-13(15-4)10-12(14)3/h9-10,15-16H,5-8H2,1-4H3. The summed E-state index contributed by atoms with van der Waals surface area (Å²) in [6.07, 6.45) is 3.00. The van der Waals surface area contributed by atoms with Gasteiger partial charge in [-0.05, 0) is 43.5 Å². The number of anilines is 1. The molecule has 0 fully saturated rings. The van der Waals surface area contributed by atoms with Gasteiger partial charge >= 0.3 is 0 Å². The second kappa shape index (κ2) is 6.91. The molecule has 2 N–H and O–H groups in total. The Labute approximate surface area is 116 Å². The van der Waals surface area contributed by atoms with E-state index in [0.29, 0.717) is 11.4 Å². The molecule has 1 rings (SSSR count). The van der Waals surface area contributed by atoms with Gasteiger partial charge in [0.1, 0.15) is 0 Å². The Kier molecular flexibility index (Phi) is 5.82. The van der Waals surface area contributed by atoms with Crippen molar-refractivity contribution in [1.29, 1.82) is 0 Å². The van der Waals surface area contributed by atoms with E-state index < -0.39 is 10.0 Å². The van der Waals surface area contributed by atoms with Crippen molar-refractivity contribution in [2.24, 2.45) is 0 Å². The van der Waals surface area contributed by atoms with Crippen LogP contribution >= 0.6 is 0 Å². The van der Waals surface area contributed by atoms with Gasteiger partial charge in [0.15, 0.2) is 0 Å². The van der Waals surface area contributed by atoms with E-state index in [2.05, 4.69) is 17.0 Å². The van der Waals surface area contributed by atoms with Gasteiger partial charge in [-0.15, -0.1) is 0 Å². The van der Waals surface area contributed by atoms with Crippen molar-refractivity contribution in [1.82, 2.24) is 4.72 Å². The van der Waals surface area contributed by atoms with Crippen molar-refractivity contribution in [3.8, 4) is 0 Å². The highest BCUT2D eigenvalue weighted by atomic mass is 32.2. The molecule has 0 aliphatic carbocycles. The van der Waals surface area contributed by atoms with Crippen LogP contribution in [-0.2, 0) is 10.0 Å². The summed E-state index contributed by atoms with van der Waals surface area (Å²) < 4.78 is 27.3. The molecule has 0 aliphatic heterocycles. The van der Waals surface area contributed by atoms with E-state index in [1.54, 1.807) is 0 Å². The number of nitrogens with one attached hydrogen (secondary N) is 2. The van der Waals surface area contributed by atoms with Gasteiger partial charge in [0.05, 0.1) is 4.90 Å². The maximum atomic E-state index is 12.3. The zero-order chi connectivity index (χ0) is 14.5. The second-order valence-electron chi connectivity index (χ2n) is 4.79. The maximum absolute atomic E-state index is 12.3. The van der Waals surface area contributed by atoms with E-state index in [-0.39, 0.29) is 0 Å². The lowest BCUT2D eigenvalue weighted by Gasteiger charge is -2.14. The molecular weight excluding hydrogens is 260 g/mol. The van der Waals surface area contributed by atoms with Crippen molar-refractivity contribution < 1.29 is 8.42 Å². The number of benzene rings is 1. The Hall–Kier alpha value is -1.07. The van der Waals surface area contributed by atoms with Crippen LogP contribution in [0.5, 0.6) is 0 Å². The van der Waals surface area contributed by atoms with E-state index in [4.69, 9.17) is 0 Å². The topological polar surface area (TPSA) is 58.2 Å². The highest BCUT2D eigenvalue weighted by Crippen LogP contribution is 2.24. The lowest BCUT2D eigenvalue weighted by Crippen LogP contribution is -2.26. The molecule has 0 bridgehead atoms. The van der Waals surface area contributed by atoms with E-state index in [9.17, 15) is 8.42 Å². The van der Waals surface area contributed by atoms with E-state index in [0.717, 1.165) is 36.1 Å². The first-order valence-corrected chi connectivity index (χ1v) is 8.19. The molecule has 0 heterocycles. The van der Waals surface area contributed by atoms with Crippen molar-refractivity contribution in [3.05, 3.63) is 23.3 Å². The molecule has 1 aromatic rings. The number of unbranched alkanes of at least 4 members (excludes halogenated alkanes) is 2. The van der Waals surface area contributed by atoms with E-state index >= 15 is 0 Å².